The minimum Gasteiger partial charge on any atom is -0.423 e. The predicted octanol–water partition coefficient (Wildman–Crippen LogP) is 3.00. The van der Waals surface area contributed by atoms with Crippen LogP contribution in [0.25, 0.3) is 0 Å². The topological polar surface area (TPSA) is 40.5 Å². The molecule has 0 aliphatic rings. The summed E-state index contributed by atoms with van der Waals surface area (Å²) in [5, 5.41) is 19.5. The van der Waals surface area contributed by atoms with Crippen LogP contribution in [0.5, 0.6) is 0 Å². The first-order valence-electron chi connectivity index (χ1n) is 7.65. The molecule has 1 rings (SSSR count). The third kappa shape index (κ3) is 6.34. The van der Waals surface area contributed by atoms with E-state index in [1.54, 1.807) is 6.07 Å². The molecule has 1 aromatic rings. The van der Waals surface area contributed by atoms with Gasteiger partial charge in [0.05, 0.1) is 0 Å². The maximum atomic E-state index is 9.35. The highest BCUT2D eigenvalue weighted by molar-refractivity contribution is 7.99. The Labute approximate surface area is 128 Å². The summed E-state index contributed by atoms with van der Waals surface area (Å²) < 4.78 is 0. The van der Waals surface area contributed by atoms with E-state index in [0.29, 0.717) is 5.46 Å². The van der Waals surface area contributed by atoms with Gasteiger partial charge in [0.1, 0.15) is 0 Å². The third-order valence-corrected chi connectivity index (χ3v) is 4.91. The van der Waals surface area contributed by atoms with Crippen LogP contribution in [0.15, 0.2) is 24.3 Å². The van der Waals surface area contributed by atoms with E-state index in [2.05, 4.69) is 13.2 Å². The molecule has 1 atom stereocenters. The number of aryl methyl sites for hydroxylation is 1. The summed E-state index contributed by atoms with van der Waals surface area (Å²) in [6, 6.07) is 7.62. The Balaban J connectivity index is 2.39. The van der Waals surface area contributed by atoms with Crippen molar-refractivity contribution < 1.29 is 10.0 Å². The van der Waals surface area contributed by atoms with Crippen LogP contribution in [0.4, 0.5) is 0 Å². The van der Waals surface area contributed by atoms with E-state index in [4.69, 9.17) is 0 Å². The van der Waals surface area contributed by atoms with Crippen LogP contribution in [0.2, 0.25) is 0 Å². The van der Waals surface area contributed by atoms with E-state index in [1.165, 1.54) is 32.1 Å². The summed E-state index contributed by atoms with van der Waals surface area (Å²) in [5.74, 6) is 0. The van der Waals surface area contributed by atoms with Crippen LogP contribution in [-0.4, -0.2) is 28.7 Å². The van der Waals surface area contributed by atoms with Crippen molar-refractivity contribution in [2.45, 2.75) is 57.1 Å². The Morgan fingerprint density at radius 2 is 1.80 bits per heavy atom. The molecule has 0 saturated carbocycles. The zero-order valence-electron chi connectivity index (χ0n) is 12.7. The lowest BCUT2D eigenvalue weighted by Crippen LogP contribution is -2.32. The molecule has 0 radical (unpaired) electrons. The zero-order valence-corrected chi connectivity index (χ0v) is 13.5. The van der Waals surface area contributed by atoms with Crippen molar-refractivity contribution in [3.63, 3.8) is 0 Å². The second-order valence-electron chi connectivity index (χ2n) is 5.32. The fourth-order valence-corrected chi connectivity index (χ4v) is 3.34. The first-order chi connectivity index (χ1) is 9.69. The van der Waals surface area contributed by atoms with Gasteiger partial charge >= 0.3 is 7.12 Å². The Hall–Kier alpha value is -0.445. The number of unbranched alkanes of at least 4 members (excludes halogenated alkanes) is 2. The molecule has 0 spiro atoms. The van der Waals surface area contributed by atoms with Crippen molar-refractivity contribution >= 4 is 24.3 Å². The molecule has 20 heavy (non-hydrogen) atoms. The lowest BCUT2D eigenvalue weighted by molar-refractivity contribution is 0.425. The number of hydrogen-bond acceptors (Lipinski definition) is 3. The van der Waals surface area contributed by atoms with Crippen LogP contribution >= 0.6 is 11.8 Å². The number of rotatable bonds is 10. The third-order valence-electron chi connectivity index (χ3n) is 3.77. The van der Waals surface area contributed by atoms with Crippen LogP contribution < -0.4 is 5.46 Å². The first-order valence-corrected chi connectivity index (χ1v) is 8.94. The fourth-order valence-electron chi connectivity index (χ4n) is 2.54. The monoisotopic (exact) mass is 294 g/mol. The molecule has 0 amide bonds. The molecular weight excluding hydrogens is 267 g/mol. The summed E-state index contributed by atoms with van der Waals surface area (Å²) in [7, 11) is -1.35. The van der Waals surface area contributed by atoms with Crippen molar-refractivity contribution in [3.05, 3.63) is 29.8 Å². The smallest absolute Gasteiger partial charge is 0.423 e. The van der Waals surface area contributed by atoms with Crippen molar-refractivity contribution in [2.75, 3.05) is 6.26 Å². The minimum absolute atomic E-state index is 0.652. The molecule has 112 valence electrons. The van der Waals surface area contributed by atoms with E-state index in [-0.39, 0.29) is 0 Å². The maximum absolute atomic E-state index is 9.35. The molecule has 1 aromatic carbocycles. The number of hydrogen-bond donors (Lipinski definition) is 2. The highest BCUT2D eigenvalue weighted by atomic mass is 32.2. The van der Waals surface area contributed by atoms with Crippen molar-refractivity contribution in [1.29, 1.82) is 0 Å². The Morgan fingerprint density at radius 3 is 2.45 bits per heavy atom. The molecule has 0 aliphatic heterocycles. The summed E-state index contributed by atoms with van der Waals surface area (Å²) in [5.41, 5.74) is 1.72. The Kier molecular flexibility index (Phi) is 9.07. The molecule has 0 bridgehead atoms. The normalized spacial score (nSPS) is 12.4. The minimum atomic E-state index is -1.35. The highest BCUT2D eigenvalue weighted by Crippen LogP contribution is 2.21. The van der Waals surface area contributed by atoms with Gasteiger partial charge in [0, 0.05) is 5.25 Å². The molecule has 2 N–H and O–H groups in total. The van der Waals surface area contributed by atoms with Crippen LogP contribution in [0.1, 0.15) is 51.0 Å². The SMILES string of the molecule is CCCCCC(CCCc1ccccc1B(O)O)SC. The quantitative estimate of drug-likeness (QED) is 0.515. The van der Waals surface area contributed by atoms with Gasteiger partial charge in [-0.1, -0.05) is 50.5 Å². The molecule has 0 fully saturated rings. The Bertz CT molecular complexity index is 371. The first kappa shape index (κ1) is 17.6. The molecule has 2 nitrogen and oxygen atoms in total. The molecule has 0 saturated heterocycles. The zero-order chi connectivity index (χ0) is 14.8. The lowest BCUT2D eigenvalue weighted by atomic mass is 9.76. The average molecular weight is 294 g/mol. The van der Waals surface area contributed by atoms with E-state index < -0.39 is 7.12 Å². The van der Waals surface area contributed by atoms with Gasteiger partial charge in [0.25, 0.3) is 0 Å². The van der Waals surface area contributed by atoms with Gasteiger partial charge in [0.2, 0.25) is 0 Å². The molecule has 1 unspecified atom stereocenters. The second kappa shape index (κ2) is 10.3. The van der Waals surface area contributed by atoms with Crippen LogP contribution in [-0.2, 0) is 6.42 Å². The molecule has 0 aromatic heterocycles. The molecule has 0 aliphatic carbocycles. The van der Waals surface area contributed by atoms with Gasteiger partial charge in [-0.25, -0.2) is 0 Å². The summed E-state index contributed by atoms with van der Waals surface area (Å²) >= 11 is 1.97. The lowest BCUT2D eigenvalue weighted by Gasteiger charge is -2.15. The van der Waals surface area contributed by atoms with Crippen molar-refractivity contribution in [1.82, 2.24) is 0 Å². The van der Waals surface area contributed by atoms with Crippen molar-refractivity contribution in [3.8, 4) is 0 Å². The van der Waals surface area contributed by atoms with Gasteiger partial charge in [-0.05, 0) is 43.0 Å². The van der Waals surface area contributed by atoms with E-state index in [9.17, 15) is 10.0 Å². The van der Waals surface area contributed by atoms with Gasteiger partial charge in [-0.15, -0.1) is 0 Å². The molecular formula is C16H27BO2S. The standard InChI is InChI=1S/C16H27BO2S/c1-3-4-5-11-15(20-2)12-8-10-14-9-6-7-13-16(14)17(18)19/h6-7,9,13,15,18-19H,3-5,8,10-12H2,1-2H3. The van der Waals surface area contributed by atoms with E-state index in [0.717, 1.165) is 23.7 Å². The second-order valence-corrected chi connectivity index (χ2v) is 6.46. The van der Waals surface area contributed by atoms with Gasteiger partial charge < -0.3 is 10.0 Å². The van der Waals surface area contributed by atoms with Crippen LogP contribution in [0, 0.1) is 0 Å². The van der Waals surface area contributed by atoms with Gasteiger partial charge in [-0.2, -0.15) is 11.8 Å². The number of benzene rings is 1. The summed E-state index contributed by atoms with van der Waals surface area (Å²) in [6.07, 6.45) is 10.7. The van der Waals surface area contributed by atoms with Gasteiger partial charge in [0.15, 0.2) is 0 Å². The molecule has 4 heteroatoms. The van der Waals surface area contributed by atoms with E-state index in [1.807, 2.05) is 30.0 Å². The van der Waals surface area contributed by atoms with Crippen molar-refractivity contribution in [2.24, 2.45) is 0 Å². The van der Waals surface area contributed by atoms with E-state index >= 15 is 0 Å². The average Bonchev–Trinajstić information content (AvgIpc) is 2.46. The summed E-state index contributed by atoms with van der Waals surface area (Å²) in [6.45, 7) is 2.24. The predicted molar refractivity (Wildman–Crippen MR) is 90.7 cm³/mol. The fraction of sp³-hybridized carbons (Fsp3) is 0.625. The molecule has 0 heterocycles. The number of thioether (sulfide) groups is 1. The Morgan fingerprint density at radius 1 is 1.10 bits per heavy atom. The summed E-state index contributed by atoms with van der Waals surface area (Å²) in [4.78, 5) is 0. The van der Waals surface area contributed by atoms with Gasteiger partial charge in [-0.3, -0.25) is 0 Å². The van der Waals surface area contributed by atoms with Crippen LogP contribution in [0.3, 0.4) is 0 Å². The largest absolute Gasteiger partial charge is 0.488 e. The highest BCUT2D eigenvalue weighted by Gasteiger charge is 2.15. The maximum Gasteiger partial charge on any atom is 0.488 e.